The number of likely N-dealkylation sites (tertiary alicyclic amines) is 1. The van der Waals surface area contributed by atoms with Crippen LogP contribution in [0.25, 0.3) is 16.9 Å². The first-order valence-corrected chi connectivity index (χ1v) is 9.92. The lowest BCUT2D eigenvalue weighted by Gasteiger charge is -2.25. The second-order valence-electron chi connectivity index (χ2n) is 7.72. The normalized spacial score (nSPS) is 20.6. The molecule has 6 rings (SSSR count). The van der Waals surface area contributed by atoms with Gasteiger partial charge in [-0.15, -0.1) is 0 Å². The molecule has 3 N–H and O–H groups in total. The van der Waals surface area contributed by atoms with E-state index in [1.54, 1.807) is 30.9 Å². The Morgan fingerprint density at radius 2 is 2.23 bits per heavy atom. The number of carbonyl (C=O) groups is 1. The lowest BCUT2D eigenvalue weighted by Crippen LogP contribution is -2.36. The number of anilines is 2. The fraction of sp³-hybridized carbons (Fsp3) is 0.300. The van der Waals surface area contributed by atoms with Crippen LogP contribution in [-0.4, -0.2) is 55.5 Å². The molecule has 158 valence electrons. The number of rotatable bonds is 6. The Hall–Kier alpha value is -3.70. The van der Waals surface area contributed by atoms with E-state index in [1.807, 2.05) is 4.40 Å². The molecule has 2 saturated heterocycles. The van der Waals surface area contributed by atoms with Crippen molar-refractivity contribution in [3.63, 3.8) is 0 Å². The minimum atomic E-state index is -0.631. The molecule has 2 bridgehead atoms. The molecule has 31 heavy (non-hydrogen) atoms. The number of primary amides is 1. The fourth-order valence-corrected chi connectivity index (χ4v) is 4.24. The van der Waals surface area contributed by atoms with E-state index in [2.05, 4.69) is 25.2 Å². The first kappa shape index (κ1) is 18.1. The second-order valence-corrected chi connectivity index (χ2v) is 7.72. The average molecular weight is 421 g/mol. The zero-order valence-corrected chi connectivity index (χ0v) is 16.4. The number of amides is 1. The molecule has 2 unspecified atom stereocenters. The molecule has 2 atom stereocenters. The number of oxazole rings is 1. The van der Waals surface area contributed by atoms with Gasteiger partial charge in [0.05, 0.1) is 30.3 Å². The molecule has 2 aliphatic heterocycles. The van der Waals surface area contributed by atoms with Gasteiger partial charge in [-0.1, -0.05) is 0 Å². The Morgan fingerprint density at radius 1 is 1.29 bits per heavy atom. The molecule has 11 heteroatoms. The van der Waals surface area contributed by atoms with Crippen molar-refractivity contribution in [2.45, 2.75) is 25.1 Å². The molecule has 11 nitrogen and oxygen atoms in total. The van der Waals surface area contributed by atoms with E-state index >= 15 is 0 Å². The van der Waals surface area contributed by atoms with Crippen LogP contribution in [0.2, 0.25) is 0 Å². The number of morpholine rings is 1. The van der Waals surface area contributed by atoms with Gasteiger partial charge < -0.3 is 19.3 Å². The summed E-state index contributed by atoms with van der Waals surface area (Å²) in [6, 6.07) is 2.39. The molecule has 2 fully saturated rings. The molecule has 0 spiro atoms. The molecule has 0 aromatic carbocycles. The maximum atomic E-state index is 11.3. The first-order valence-electron chi connectivity index (χ1n) is 9.92. The van der Waals surface area contributed by atoms with E-state index in [1.165, 1.54) is 6.26 Å². The van der Waals surface area contributed by atoms with Crippen LogP contribution in [0.5, 0.6) is 0 Å². The van der Waals surface area contributed by atoms with Crippen LogP contribution in [0.1, 0.15) is 22.7 Å². The molecule has 2 aliphatic rings. The average Bonchev–Trinajstić information content (AvgIpc) is 3.55. The van der Waals surface area contributed by atoms with Gasteiger partial charge in [0.25, 0.3) is 5.91 Å². The number of carbonyl (C=O) groups excluding carboxylic acids is 1. The van der Waals surface area contributed by atoms with Crippen molar-refractivity contribution < 1.29 is 18.4 Å². The van der Waals surface area contributed by atoms with Crippen LogP contribution in [0.3, 0.4) is 0 Å². The molecule has 0 aliphatic carbocycles. The maximum absolute atomic E-state index is 11.3. The van der Waals surface area contributed by atoms with E-state index < -0.39 is 5.91 Å². The van der Waals surface area contributed by atoms with Crippen molar-refractivity contribution in [2.24, 2.45) is 5.73 Å². The van der Waals surface area contributed by atoms with Gasteiger partial charge in [-0.25, -0.2) is 9.97 Å². The zero-order chi connectivity index (χ0) is 20.9. The van der Waals surface area contributed by atoms with Gasteiger partial charge in [0.15, 0.2) is 17.2 Å². The molecule has 6 heterocycles. The van der Waals surface area contributed by atoms with E-state index in [9.17, 15) is 4.79 Å². The van der Waals surface area contributed by atoms with Gasteiger partial charge in [-0.05, 0) is 12.5 Å². The number of fused-ring (bicyclic) bond motifs is 3. The Bertz CT molecular complexity index is 1280. The van der Waals surface area contributed by atoms with Gasteiger partial charge in [-0.3, -0.25) is 19.4 Å². The van der Waals surface area contributed by atoms with Crippen molar-refractivity contribution in [3.05, 3.63) is 48.6 Å². The Kier molecular flexibility index (Phi) is 4.04. The Morgan fingerprint density at radius 3 is 3.00 bits per heavy atom. The van der Waals surface area contributed by atoms with Crippen LogP contribution in [0.15, 0.2) is 46.0 Å². The maximum Gasteiger partial charge on any atom is 0.300 e. The largest absolute Gasteiger partial charge is 0.458 e. The smallest absolute Gasteiger partial charge is 0.300 e. The number of furan rings is 1. The van der Waals surface area contributed by atoms with Gasteiger partial charge in [-0.2, -0.15) is 4.98 Å². The molecular weight excluding hydrogens is 402 g/mol. The third-order valence-electron chi connectivity index (χ3n) is 5.72. The SMILES string of the molecule is NC(=O)c1cc(-c2cnc(Nc3nc(CN4CC5CC4CO5)co3)c3nccn23)co1. The van der Waals surface area contributed by atoms with Crippen molar-refractivity contribution in [2.75, 3.05) is 18.5 Å². The quantitative estimate of drug-likeness (QED) is 0.477. The summed E-state index contributed by atoms with van der Waals surface area (Å²) in [5, 5.41) is 3.10. The highest BCUT2D eigenvalue weighted by molar-refractivity contribution is 5.91. The predicted octanol–water partition coefficient (Wildman–Crippen LogP) is 1.79. The number of nitrogens with one attached hydrogen (secondary N) is 1. The van der Waals surface area contributed by atoms with E-state index in [0.29, 0.717) is 40.9 Å². The summed E-state index contributed by atoms with van der Waals surface area (Å²) in [4.78, 5) is 27.1. The van der Waals surface area contributed by atoms with Crippen molar-refractivity contribution in [1.29, 1.82) is 0 Å². The zero-order valence-electron chi connectivity index (χ0n) is 16.4. The van der Waals surface area contributed by atoms with E-state index in [4.69, 9.17) is 19.3 Å². The van der Waals surface area contributed by atoms with Crippen LogP contribution in [-0.2, 0) is 11.3 Å². The fourth-order valence-electron chi connectivity index (χ4n) is 4.24. The van der Waals surface area contributed by atoms with Gasteiger partial charge >= 0.3 is 6.01 Å². The van der Waals surface area contributed by atoms with Crippen LogP contribution >= 0.6 is 0 Å². The molecule has 1 amide bonds. The minimum absolute atomic E-state index is 0.0792. The summed E-state index contributed by atoms with van der Waals surface area (Å²) in [7, 11) is 0. The Balaban J connectivity index is 1.24. The number of nitrogens with two attached hydrogens (primary N) is 1. The summed E-state index contributed by atoms with van der Waals surface area (Å²) in [6.45, 7) is 2.45. The molecule has 4 aromatic heterocycles. The number of ether oxygens (including phenoxy) is 1. The number of imidazole rings is 1. The third kappa shape index (κ3) is 3.14. The lowest BCUT2D eigenvalue weighted by atomic mass is 10.2. The number of hydrogen-bond acceptors (Lipinski definition) is 9. The molecule has 0 saturated carbocycles. The van der Waals surface area contributed by atoms with E-state index in [-0.39, 0.29) is 5.76 Å². The Labute approximate surface area is 175 Å². The third-order valence-corrected chi connectivity index (χ3v) is 5.72. The first-order chi connectivity index (χ1) is 15.1. The highest BCUT2D eigenvalue weighted by Crippen LogP contribution is 2.30. The number of nitrogens with zero attached hydrogens (tertiary/aromatic N) is 5. The van der Waals surface area contributed by atoms with Crippen molar-refractivity contribution >= 4 is 23.4 Å². The molecule has 4 aromatic rings. The van der Waals surface area contributed by atoms with Crippen molar-refractivity contribution in [1.82, 2.24) is 24.3 Å². The van der Waals surface area contributed by atoms with Gasteiger partial charge in [0.1, 0.15) is 12.5 Å². The van der Waals surface area contributed by atoms with E-state index in [0.717, 1.165) is 31.8 Å². The van der Waals surface area contributed by atoms with Gasteiger partial charge in [0.2, 0.25) is 0 Å². The summed E-state index contributed by atoms with van der Waals surface area (Å²) in [6.07, 6.45) is 9.65. The summed E-state index contributed by atoms with van der Waals surface area (Å²) in [5.41, 5.74) is 8.07. The number of hydrogen-bond donors (Lipinski definition) is 2. The van der Waals surface area contributed by atoms with Crippen LogP contribution in [0.4, 0.5) is 11.8 Å². The summed E-state index contributed by atoms with van der Waals surface area (Å²) >= 11 is 0. The monoisotopic (exact) mass is 421 g/mol. The standard InChI is InChI=1S/C20H19N7O4/c21-17(28)16-3-11(8-30-16)15-5-23-18(19-22-1-2-27(15)19)25-20-24-12(9-31-20)6-26-7-14-4-13(26)10-29-14/h1-3,5,8-9,13-14H,4,6-7,10H2,(H2,21,28)(H,23,24,25). The lowest BCUT2D eigenvalue weighted by molar-refractivity contribution is 0.0268. The predicted molar refractivity (Wildman–Crippen MR) is 108 cm³/mol. The van der Waals surface area contributed by atoms with Crippen molar-refractivity contribution in [3.8, 4) is 11.3 Å². The molecule has 0 radical (unpaired) electrons. The topological polar surface area (TPSA) is 137 Å². The summed E-state index contributed by atoms with van der Waals surface area (Å²) < 4.78 is 18.3. The minimum Gasteiger partial charge on any atom is -0.458 e. The summed E-state index contributed by atoms with van der Waals surface area (Å²) in [5.74, 6) is -0.0571. The molecular formula is C20H19N7O4. The second kappa shape index (κ2) is 6.93. The van der Waals surface area contributed by atoms with Crippen LogP contribution < -0.4 is 11.1 Å². The highest BCUT2D eigenvalue weighted by atomic mass is 16.5. The van der Waals surface area contributed by atoms with Crippen LogP contribution in [0, 0.1) is 0 Å². The van der Waals surface area contributed by atoms with Gasteiger partial charge in [0, 0.05) is 37.1 Å². The highest BCUT2D eigenvalue weighted by Gasteiger charge is 2.39. The number of aromatic nitrogens is 4.